The fourth-order valence-electron chi connectivity index (χ4n) is 1.52. The second-order valence-electron chi connectivity index (χ2n) is 4.29. The Hall–Kier alpha value is -1.66. The minimum atomic E-state index is -0.271. The van der Waals surface area contributed by atoms with Gasteiger partial charge in [-0.1, -0.05) is 23.9 Å². The fourth-order valence-corrected chi connectivity index (χ4v) is 1.77. The molecule has 1 unspecified atom stereocenters. The zero-order valence-electron chi connectivity index (χ0n) is 11.7. The monoisotopic (exact) mass is 293 g/mol. The molecular weight excluding hydrogens is 274 g/mol. The van der Waals surface area contributed by atoms with Crippen LogP contribution in [0.15, 0.2) is 30.1 Å². The number of aromatic nitrogens is 2. The molecular formula is C14H19N3O2S. The van der Waals surface area contributed by atoms with E-state index in [4.69, 9.17) is 17.0 Å². The first kappa shape index (κ1) is 16.4. The summed E-state index contributed by atoms with van der Waals surface area (Å²) in [7, 11) is 1.64. The van der Waals surface area contributed by atoms with Crippen molar-refractivity contribution in [1.29, 1.82) is 0 Å². The quantitative estimate of drug-likeness (QED) is 0.586. The maximum absolute atomic E-state index is 11.7. The van der Waals surface area contributed by atoms with Crippen LogP contribution in [0.4, 0.5) is 0 Å². The summed E-state index contributed by atoms with van der Waals surface area (Å²) >= 11 is 4.85. The zero-order chi connectivity index (χ0) is 14.8. The molecule has 0 aliphatic heterocycles. The molecule has 6 heteroatoms. The molecule has 0 saturated heterocycles. The summed E-state index contributed by atoms with van der Waals surface area (Å²) in [6.45, 7) is 2.44. The van der Waals surface area contributed by atoms with E-state index < -0.39 is 0 Å². The lowest BCUT2D eigenvalue weighted by Gasteiger charge is -2.08. The highest BCUT2D eigenvalue weighted by Crippen LogP contribution is 2.03. The van der Waals surface area contributed by atoms with Gasteiger partial charge in [0.15, 0.2) is 0 Å². The lowest BCUT2D eigenvalue weighted by atomic mass is 10.1. The standard InChI is InChI=1S/C14H19N3O2S/c1-11(5-3-6-12(10-20)19-2)9-17-14(18)13-15-7-4-8-16-13/h4-5,7-8,10,12H,3,6,9H2,1-2H3,(H,17,18)/b11-5-. The first-order valence-electron chi connectivity index (χ1n) is 6.36. The molecule has 1 rings (SSSR count). The predicted octanol–water partition coefficient (Wildman–Crippen LogP) is 1.95. The van der Waals surface area contributed by atoms with Crippen molar-refractivity contribution in [2.24, 2.45) is 0 Å². The number of amides is 1. The molecule has 0 radical (unpaired) electrons. The lowest BCUT2D eigenvalue weighted by molar-refractivity contribution is 0.0946. The largest absolute Gasteiger partial charge is 0.377 e. The number of thiocarbonyl (C=S) groups is 1. The summed E-state index contributed by atoms with van der Waals surface area (Å²) in [5.41, 5.74) is 1.08. The molecule has 0 bridgehead atoms. The summed E-state index contributed by atoms with van der Waals surface area (Å²) in [5.74, 6) is -0.0903. The Morgan fingerprint density at radius 3 is 2.80 bits per heavy atom. The Morgan fingerprint density at radius 1 is 1.50 bits per heavy atom. The topological polar surface area (TPSA) is 64.1 Å². The van der Waals surface area contributed by atoms with Gasteiger partial charge in [0.1, 0.15) is 0 Å². The second-order valence-corrected chi connectivity index (χ2v) is 4.57. The van der Waals surface area contributed by atoms with Gasteiger partial charge in [-0.25, -0.2) is 9.97 Å². The van der Waals surface area contributed by atoms with Crippen LogP contribution in [0.5, 0.6) is 0 Å². The molecule has 1 N–H and O–H groups in total. The van der Waals surface area contributed by atoms with Crippen molar-refractivity contribution in [1.82, 2.24) is 15.3 Å². The average molecular weight is 293 g/mol. The molecule has 1 aromatic rings. The molecule has 0 fully saturated rings. The van der Waals surface area contributed by atoms with Gasteiger partial charge in [-0.2, -0.15) is 0 Å². The number of ether oxygens (including phenoxy) is 1. The summed E-state index contributed by atoms with van der Waals surface area (Å²) in [5, 5.41) is 4.40. The zero-order valence-corrected chi connectivity index (χ0v) is 12.5. The van der Waals surface area contributed by atoms with Crippen molar-refractivity contribution >= 4 is 23.5 Å². The van der Waals surface area contributed by atoms with Crippen molar-refractivity contribution in [2.75, 3.05) is 13.7 Å². The van der Waals surface area contributed by atoms with Gasteiger partial charge >= 0.3 is 0 Å². The Morgan fingerprint density at radius 2 is 2.20 bits per heavy atom. The third-order valence-corrected chi connectivity index (χ3v) is 3.00. The molecule has 1 amide bonds. The van der Waals surface area contributed by atoms with Crippen LogP contribution in [0, 0.1) is 0 Å². The smallest absolute Gasteiger partial charge is 0.289 e. The SMILES string of the molecule is COC(C=S)CC/C=C(/C)CNC(=O)c1ncccn1. The average Bonchev–Trinajstić information content (AvgIpc) is 2.50. The maximum Gasteiger partial charge on any atom is 0.289 e. The van der Waals surface area contributed by atoms with Crippen LogP contribution in [0.25, 0.3) is 0 Å². The molecule has 0 aliphatic carbocycles. The van der Waals surface area contributed by atoms with Crippen molar-refractivity contribution in [3.63, 3.8) is 0 Å². The van der Waals surface area contributed by atoms with Gasteiger partial charge in [0.05, 0.1) is 6.10 Å². The summed E-state index contributed by atoms with van der Waals surface area (Å²) in [4.78, 5) is 19.5. The van der Waals surface area contributed by atoms with E-state index in [2.05, 4.69) is 21.4 Å². The van der Waals surface area contributed by atoms with Gasteiger partial charge in [-0.15, -0.1) is 0 Å². The highest BCUT2D eigenvalue weighted by molar-refractivity contribution is 7.79. The van der Waals surface area contributed by atoms with Gasteiger partial charge in [0, 0.05) is 31.4 Å². The van der Waals surface area contributed by atoms with Crippen LogP contribution < -0.4 is 5.32 Å². The van der Waals surface area contributed by atoms with Crippen molar-refractivity contribution < 1.29 is 9.53 Å². The first-order valence-corrected chi connectivity index (χ1v) is 6.83. The Labute approximate surface area is 124 Å². The van der Waals surface area contributed by atoms with Crippen LogP contribution in [-0.2, 0) is 4.74 Å². The number of nitrogens with one attached hydrogen (secondary N) is 1. The minimum absolute atomic E-state index is 0.00126. The van der Waals surface area contributed by atoms with Crippen LogP contribution in [0.1, 0.15) is 30.4 Å². The Balaban J connectivity index is 2.34. The summed E-state index contributed by atoms with van der Waals surface area (Å²) in [6.07, 6.45) is 6.85. The van der Waals surface area contributed by atoms with E-state index in [9.17, 15) is 4.79 Å². The Kier molecular flexibility index (Phi) is 7.60. The molecule has 0 aliphatic rings. The minimum Gasteiger partial charge on any atom is -0.377 e. The van der Waals surface area contributed by atoms with Crippen LogP contribution in [-0.4, -0.2) is 41.0 Å². The maximum atomic E-state index is 11.7. The molecule has 1 heterocycles. The van der Waals surface area contributed by atoms with E-state index in [0.29, 0.717) is 6.54 Å². The predicted molar refractivity (Wildman–Crippen MR) is 81.8 cm³/mol. The molecule has 20 heavy (non-hydrogen) atoms. The number of rotatable bonds is 8. The van der Waals surface area contributed by atoms with Crippen molar-refractivity contribution in [3.8, 4) is 0 Å². The van der Waals surface area contributed by atoms with Gasteiger partial charge in [-0.05, 0) is 25.8 Å². The van der Waals surface area contributed by atoms with E-state index in [1.165, 1.54) is 0 Å². The number of carbonyl (C=O) groups excluding carboxylic acids is 1. The molecule has 5 nitrogen and oxygen atoms in total. The van der Waals surface area contributed by atoms with E-state index in [1.807, 2.05) is 6.92 Å². The summed E-state index contributed by atoms with van der Waals surface area (Å²) in [6, 6.07) is 1.67. The highest BCUT2D eigenvalue weighted by Gasteiger charge is 2.07. The number of nitrogens with zero attached hydrogens (tertiary/aromatic N) is 2. The van der Waals surface area contributed by atoms with Gasteiger partial charge in [0.2, 0.25) is 5.82 Å². The molecule has 0 saturated carbocycles. The van der Waals surface area contributed by atoms with Crippen molar-refractivity contribution in [3.05, 3.63) is 35.9 Å². The molecule has 0 spiro atoms. The number of methoxy groups -OCH3 is 1. The van der Waals surface area contributed by atoms with E-state index >= 15 is 0 Å². The first-order chi connectivity index (χ1) is 9.67. The highest BCUT2D eigenvalue weighted by atomic mass is 32.1. The lowest BCUT2D eigenvalue weighted by Crippen LogP contribution is -2.26. The van der Waals surface area contributed by atoms with Crippen LogP contribution in [0.3, 0.4) is 0 Å². The fraction of sp³-hybridized carbons (Fsp3) is 0.429. The molecule has 108 valence electrons. The summed E-state index contributed by atoms with van der Waals surface area (Å²) < 4.78 is 5.16. The van der Waals surface area contributed by atoms with Crippen LogP contribution >= 0.6 is 12.2 Å². The molecule has 1 atom stereocenters. The van der Waals surface area contributed by atoms with E-state index in [0.717, 1.165) is 18.4 Å². The molecule has 1 aromatic heterocycles. The third-order valence-electron chi connectivity index (χ3n) is 2.70. The number of hydrogen-bond acceptors (Lipinski definition) is 5. The Bertz CT molecular complexity index is 463. The van der Waals surface area contributed by atoms with Gasteiger partial charge in [0.25, 0.3) is 5.91 Å². The van der Waals surface area contributed by atoms with Gasteiger partial charge < -0.3 is 10.1 Å². The number of hydrogen-bond donors (Lipinski definition) is 1. The number of carbonyl (C=O) groups is 1. The normalized spacial score (nSPS) is 12.8. The van der Waals surface area contributed by atoms with E-state index in [1.54, 1.807) is 30.9 Å². The third kappa shape index (κ3) is 5.99. The molecule has 0 aromatic carbocycles. The van der Waals surface area contributed by atoms with Crippen molar-refractivity contribution in [2.45, 2.75) is 25.9 Å². The van der Waals surface area contributed by atoms with Gasteiger partial charge in [-0.3, -0.25) is 4.79 Å². The van der Waals surface area contributed by atoms with Crippen LogP contribution in [0.2, 0.25) is 0 Å². The second kappa shape index (κ2) is 9.28. The number of allylic oxidation sites excluding steroid dienone is 1. The van der Waals surface area contributed by atoms with E-state index in [-0.39, 0.29) is 17.8 Å².